The van der Waals surface area contributed by atoms with Gasteiger partial charge in [0, 0.05) is 18.5 Å². The number of hydrogen-bond donors (Lipinski definition) is 1. The van der Waals surface area contributed by atoms with E-state index in [9.17, 15) is 4.39 Å². The molecular formula is C10H13FN6S. The number of thioether (sulfide) groups is 1. The second-order valence-electron chi connectivity index (χ2n) is 3.59. The van der Waals surface area contributed by atoms with E-state index in [2.05, 4.69) is 25.8 Å². The van der Waals surface area contributed by atoms with Crippen LogP contribution < -0.4 is 5.32 Å². The van der Waals surface area contributed by atoms with Crippen molar-refractivity contribution in [3.8, 4) is 0 Å². The van der Waals surface area contributed by atoms with Gasteiger partial charge >= 0.3 is 0 Å². The van der Waals surface area contributed by atoms with E-state index >= 15 is 0 Å². The number of halogens is 1. The molecule has 0 atom stereocenters. The highest BCUT2D eigenvalue weighted by atomic mass is 32.2. The molecule has 2 heterocycles. The molecule has 0 fully saturated rings. The Kier molecular flexibility index (Phi) is 4.59. The largest absolute Gasteiger partial charge is 0.318 e. The normalized spacial score (nSPS) is 10.8. The first kappa shape index (κ1) is 12.9. The van der Waals surface area contributed by atoms with Gasteiger partial charge in [-0.3, -0.25) is 4.98 Å². The lowest BCUT2D eigenvalue weighted by Crippen LogP contribution is -2.16. The Labute approximate surface area is 108 Å². The van der Waals surface area contributed by atoms with Crippen LogP contribution in [-0.2, 0) is 12.3 Å². The van der Waals surface area contributed by atoms with E-state index in [1.807, 2.05) is 7.05 Å². The van der Waals surface area contributed by atoms with Gasteiger partial charge in [0.1, 0.15) is 5.82 Å². The lowest BCUT2D eigenvalue weighted by atomic mass is 10.3. The van der Waals surface area contributed by atoms with Gasteiger partial charge in [-0.25, -0.2) is 9.07 Å². The molecule has 0 aliphatic rings. The Morgan fingerprint density at radius 1 is 1.44 bits per heavy atom. The third-order valence-corrected chi connectivity index (χ3v) is 3.23. The van der Waals surface area contributed by atoms with Crippen LogP contribution in [0.25, 0.3) is 0 Å². The Balaban J connectivity index is 1.95. The van der Waals surface area contributed by atoms with Crippen LogP contribution in [0.15, 0.2) is 23.6 Å². The second kappa shape index (κ2) is 6.41. The number of pyridine rings is 1. The molecule has 0 aromatic carbocycles. The van der Waals surface area contributed by atoms with Gasteiger partial charge in [-0.15, -0.1) is 5.10 Å². The zero-order chi connectivity index (χ0) is 12.8. The number of likely N-dealkylation sites (N-methyl/N-ethyl adjacent to an activating group) is 1. The molecular weight excluding hydrogens is 255 g/mol. The lowest BCUT2D eigenvalue weighted by Gasteiger charge is -2.03. The van der Waals surface area contributed by atoms with Crippen molar-refractivity contribution in [2.45, 2.75) is 17.5 Å². The minimum Gasteiger partial charge on any atom is -0.318 e. The van der Waals surface area contributed by atoms with E-state index in [-0.39, 0.29) is 5.82 Å². The van der Waals surface area contributed by atoms with E-state index < -0.39 is 0 Å². The van der Waals surface area contributed by atoms with Crippen LogP contribution in [0.5, 0.6) is 0 Å². The van der Waals surface area contributed by atoms with Gasteiger partial charge in [0.05, 0.1) is 12.7 Å². The maximum Gasteiger partial charge on any atom is 0.209 e. The van der Waals surface area contributed by atoms with Gasteiger partial charge in [-0.05, 0) is 29.1 Å². The van der Waals surface area contributed by atoms with Crippen molar-refractivity contribution in [1.82, 2.24) is 30.5 Å². The summed E-state index contributed by atoms with van der Waals surface area (Å²) in [6, 6.07) is 1.46. The van der Waals surface area contributed by atoms with Crippen LogP contribution in [0.3, 0.4) is 0 Å². The average Bonchev–Trinajstić information content (AvgIpc) is 2.81. The van der Waals surface area contributed by atoms with Gasteiger partial charge in [0.15, 0.2) is 0 Å². The summed E-state index contributed by atoms with van der Waals surface area (Å²) in [6.45, 7) is 1.49. The molecule has 0 bridgehead atoms. The molecule has 1 N–H and O–H groups in total. The Hall–Kier alpha value is -1.54. The summed E-state index contributed by atoms with van der Waals surface area (Å²) in [7, 11) is 1.87. The minimum absolute atomic E-state index is 0.331. The average molecular weight is 268 g/mol. The quantitative estimate of drug-likeness (QED) is 0.779. The van der Waals surface area contributed by atoms with Gasteiger partial charge in [-0.1, -0.05) is 11.8 Å². The summed E-state index contributed by atoms with van der Waals surface area (Å²) in [5.74, 6) is 0.257. The Bertz CT molecular complexity index is 503. The third kappa shape index (κ3) is 3.47. The highest BCUT2D eigenvalue weighted by molar-refractivity contribution is 7.98. The molecule has 18 heavy (non-hydrogen) atoms. The molecule has 2 rings (SSSR count). The molecule has 0 saturated carbocycles. The van der Waals surface area contributed by atoms with E-state index in [1.165, 1.54) is 24.0 Å². The molecule has 6 nitrogen and oxygen atoms in total. The number of nitrogens with one attached hydrogen (secondary N) is 1. The van der Waals surface area contributed by atoms with Crippen molar-refractivity contribution in [3.63, 3.8) is 0 Å². The monoisotopic (exact) mass is 268 g/mol. The third-order valence-electron chi connectivity index (χ3n) is 2.20. The summed E-state index contributed by atoms with van der Waals surface area (Å²) in [5, 5.41) is 15.2. The van der Waals surface area contributed by atoms with E-state index in [4.69, 9.17) is 0 Å². The van der Waals surface area contributed by atoms with Crippen molar-refractivity contribution >= 4 is 11.8 Å². The zero-order valence-corrected chi connectivity index (χ0v) is 10.7. The molecule has 0 spiro atoms. The van der Waals surface area contributed by atoms with Crippen molar-refractivity contribution in [2.24, 2.45) is 0 Å². The summed E-state index contributed by atoms with van der Waals surface area (Å²) < 4.78 is 14.7. The van der Waals surface area contributed by atoms with Crippen molar-refractivity contribution in [1.29, 1.82) is 0 Å². The van der Waals surface area contributed by atoms with Crippen molar-refractivity contribution < 1.29 is 4.39 Å². The first-order chi connectivity index (χ1) is 8.79. The molecule has 2 aromatic heterocycles. The topological polar surface area (TPSA) is 68.5 Å². The first-order valence-corrected chi connectivity index (χ1v) is 6.41. The van der Waals surface area contributed by atoms with Crippen LogP contribution in [0.4, 0.5) is 4.39 Å². The molecule has 0 unspecified atom stereocenters. The minimum atomic E-state index is -0.331. The van der Waals surface area contributed by atoms with Gasteiger partial charge in [0.2, 0.25) is 5.16 Å². The predicted octanol–water partition coefficient (Wildman–Crippen LogP) is 0.719. The fourth-order valence-corrected chi connectivity index (χ4v) is 2.17. The standard InChI is InChI=1S/C10H13FN6S/c1-12-2-3-17-10(14-15-16-17)18-7-8-4-9(11)6-13-5-8/h4-6,12H,2-3,7H2,1H3. The second-order valence-corrected chi connectivity index (χ2v) is 4.53. The number of aromatic nitrogens is 5. The van der Waals surface area contributed by atoms with Crippen LogP contribution >= 0.6 is 11.8 Å². The fourth-order valence-electron chi connectivity index (χ4n) is 1.34. The number of nitrogens with zero attached hydrogens (tertiary/aromatic N) is 5. The molecule has 2 aromatic rings. The molecule has 96 valence electrons. The van der Waals surface area contributed by atoms with Crippen molar-refractivity contribution in [2.75, 3.05) is 13.6 Å². The van der Waals surface area contributed by atoms with Crippen LogP contribution in [0, 0.1) is 5.82 Å². The lowest BCUT2D eigenvalue weighted by molar-refractivity contribution is 0.530. The summed E-state index contributed by atoms with van der Waals surface area (Å²) in [4.78, 5) is 3.80. The molecule has 0 saturated heterocycles. The summed E-state index contributed by atoms with van der Waals surface area (Å²) >= 11 is 1.46. The van der Waals surface area contributed by atoms with Gasteiger partial charge < -0.3 is 5.32 Å². The number of hydrogen-bond acceptors (Lipinski definition) is 6. The Morgan fingerprint density at radius 3 is 3.11 bits per heavy atom. The smallest absolute Gasteiger partial charge is 0.209 e. The van der Waals surface area contributed by atoms with Crippen LogP contribution in [-0.4, -0.2) is 38.8 Å². The SMILES string of the molecule is CNCCn1nnnc1SCc1cncc(F)c1. The van der Waals surface area contributed by atoms with E-state index in [0.29, 0.717) is 12.3 Å². The summed E-state index contributed by atoms with van der Waals surface area (Å²) in [5.41, 5.74) is 0.808. The van der Waals surface area contributed by atoms with Crippen LogP contribution in [0.1, 0.15) is 5.56 Å². The molecule has 8 heteroatoms. The maximum absolute atomic E-state index is 13.0. The Morgan fingerprint density at radius 2 is 2.33 bits per heavy atom. The number of rotatable bonds is 6. The van der Waals surface area contributed by atoms with E-state index in [1.54, 1.807) is 10.9 Å². The fraction of sp³-hybridized carbons (Fsp3) is 0.400. The predicted molar refractivity (Wildman–Crippen MR) is 65.5 cm³/mol. The molecule has 0 amide bonds. The molecule has 0 aliphatic heterocycles. The number of tetrazole rings is 1. The zero-order valence-electron chi connectivity index (χ0n) is 9.88. The summed E-state index contributed by atoms with van der Waals surface area (Å²) in [6.07, 6.45) is 2.82. The van der Waals surface area contributed by atoms with Crippen LogP contribution in [0.2, 0.25) is 0 Å². The molecule has 0 aliphatic carbocycles. The van der Waals surface area contributed by atoms with E-state index in [0.717, 1.165) is 17.3 Å². The first-order valence-electron chi connectivity index (χ1n) is 5.42. The van der Waals surface area contributed by atoms with Gasteiger partial charge in [-0.2, -0.15) is 0 Å². The maximum atomic E-state index is 13.0. The van der Waals surface area contributed by atoms with Crippen molar-refractivity contribution in [3.05, 3.63) is 29.8 Å². The highest BCUT2D eigenvalue weighted by Gasteiger charge is 2.07. The highest BCUT2D eigenvalue weighted by Crippen LogP contribution is 2.19. The van der Waals surface area contributed by atoms with Gasteiger partial charge in [0.25, 0.3) is 0 Å². The molecule has 0 radical (unpaired) electrons.